The number of aromatic nitrogens is 3. The molecule has 7 nitrogen and oxygen atoms in total. The number of ether oxygens (including phenoxy) is 1. The van der Waals surface area contributed by atoms with Crippen LogP contribution in [0.1, 0.15) is 34.5 Å². The third-order valence-corrected chi connectivity index (χ3v) is 8.25. The monoisotopic (exact) mass is 518 g/mol. The van der Waals surface area contributed by atoms with Crippen LogP contribution >= 0.6 is 22.9 Å². The number of alkyl halides is 2. The number of likely N-dealkylation sites (tertiary alicyclic amines) is 1. The van der Waals surface area contributed by atoms with E-state index >= 15 is 0 Å². The average Bonchev–Trinajstić information content (AvgIpc) is 3.42. The lowest BCUT2D eigenvalue weighted by atomic mass is 9.84. The molecule has 11 heteroatoms. The van der Waals surface area contributed by atoms with E-state index in [1.54, 1.807) is 10.9 Å². The maximum Gasteiger partial charge on any atom is 0.297 e. The Labute approximate surface area is 211 Å². The second-order valence-electron chi connectivity index (χ2n) is 9.10. The topological polar surface area (TPSA) is 70.2 Å². The molecule has 2 aliphatic heterocycles. The molecule has 5 rings (SSSR count). The van der Waals surface area contributed by atoms with Crippen LogP contribution in [0.15, 0.2) is 30.6 Å². The second-order valence-corrected chi connectivity index (χ2v) is 10.8. The van der Waals surface area contributed by atoms with E-state index in [2.05, 4.69) is 21.1 Å². The lowest BCUT2D eigenvalue weighted by molar-refractivity contribution is -0.182. The SMILES string of the molecule is Cc1nn(-c2ncccc2N(C)CC#N)cc1CN1CCC2(CC1)OCC(F)(F)c1cc(Cl)sc12. The predicted molar refractivity (Wildman–Crippen MR) is 130 cm³/mol. The van der Waals surface area contributed by atoms with E-state index in [1.807, 2.05) is 37.2 Å². The molecule has 1 spiro atoms. The van der Waals surface area contributed by atoms with Crippen molar-refractivity contribution >= 4 is 28.6 Å². The van der Waals surface area contributed by atoms with Crippen molar-refractivity contribution in [2.24, 2.45) is 0 Å². The first-order valence-corrected chi connectivity index (χ1v) is 12.5. The van der Waals surface area contributed by atoms with Gasteiger partial charge >= 0.3 is 0 Å². The number of fused-ring (bicyclic) bond motifs is 2. The molecule has 35 heavy (non-hydrogen) atoms. The summed E-state index contributed by atoms with van der Waals surface area (Å²) in [7, 11) is 1.85. The molecule has 0 unspecified atom stereocenters. The smallest absolute Gasteiger partial charge is 0.297 e. The summed E-state index contributed by atoms with van der Waals surface area (Å²) in [4.78, 5) is 9.20. The van der Waals surface area contributed by atoms with Crippen LogP contribution in [0.3, 0.4) is 0 Å². The van der Waals surface area contributed by atoms with E-state index in [1.165, 1.54) is 17.4 Å². The van der Waals surface area contributed by atoms with Crippen LogP contribution in [0.25, 0.3) is 5.82 Å². The Kier molecular flexibility index (Phi) is 6.30. The fourth-order valence-corrected chi connectivity index (χ4v) is 6.32. The first-order valence-electron chi connectivity index (χ1n) is 11.4. The molecule has 3 aromatic rings. The zero-order valence-corrected chi connectivity index (χ0v) is 21.0. The standard InChI is InChI=1S/C24H25ClF2N6OS/c1-16-17(14-33(30-16)22-19(4-3-8-29-22)31(2)11-7-28)13-32-9-5-23(6-10-32)21-18(12-20(25)35-21)24(26,27)15-34-23/h3-4,8,12,14H,5-6,9-11,13,15H2,1-2H3. The van der Waals surface area contributed by atoms with Crippen molar-refractivity contribution in [1.29, 1.82) is 5.26 Å². The molecule has 0 radical (unpaired) electrons. The number of thiophene rings is 1. The minimum absolute atomic E-state index is 0.0249. The van der Waals surface area contributed by atoms with Gasteiger partial charge in [-0.1, -0.05) is 11.6 Å². The molecule has 0 atom stereocenters. The molecule has 0 bridgehead atoms. The van der Waals surface area contributed by atoms with Gasteiger partial charge in [-0.2, -0.15) is 19.1 Å². The van der Waals surface area contributed by atoms with Crippen LogP contribution in [0.2, 0.25) is 4.34 Å². The lowest BCUT2D eigenvalue weighted by Crippen LogP contribution is -2.48. The Balaban J connectivity index is 1.32. The quantitative estimate of drug-likeness (QED) is 0.449. The molecule has 0 aliphatic carbocycles. The van der Waals surface area contributed by atoms with Gasteiger partial charge in [0.05, 0.1) is 21.8 Å². The van der Waals surface area contributed by atoms with Gasteiger partial charge < -0.3 is 9.64 Å². The van der Waals surface area contributed by atoms with E-state index in [0.717, 1.165) is 16.9 Å². The van der Waals surface area contributed by atoms with Crippen LogP contribution in [-0.2, 0) is 22.8 Å². The van der Waals surface area contributed by atoms with E-state index in [0.29, 0.717) is 47.5 Å². The first kappa shape index (κ1) is 24.1. The van der Waals surface area contributed by atoms with Crippen molar-refractivity contribution in [2.45, 2.75) is 37.8 Å². The third kappa shape index (κ3) is 4.42. The number of hydrogen-bond acceptors (Lipinski definition) is 7. The van der Waals surface area contributed by atoms with Gasteiger partial charge in [0.2, 0.25) is 0 Å². The van der Waals surface area contributed by atoms with E-state index in [9.17, 15) is 8.78 Å². The summed E-state index contributed by atoms with van der Waals surface area (Å²) in [6, 6.07) is 7.31. The molecule has 2 aliphatic rings. The molecule has 0 saturated carbocycles. The highest BCUT2D eigenvalue weighted by atomic mass is 35.5. The zero-order chi connectivity index (χ0) is 24.8. The summed E-state index contributed by atoms with van der Waals surface area (Å²) in [6.07, 6.45) is 4.94. The Morgan fingerprint density at radius 2 is 2.11 bits per heavy atom. The molecule has 0 N–H and O–H groups in total. The Morgan fingerprint density at radius 3 is 2.86 bits per heavy atom. The number of nitriles is 1. The summed E-state index contributed by atoms with van der Waals surface area (Å²) in [5.74, 6) is -2.34. The lowest BCUT2D eigenvalue weighted by Gasteiger charge is -2.45. The number of halogens is 3. The maximum absolute atomic E-state index is 14.4. The molecule has 3 aromatic heterocycles. The summed E-state index contributed by atoms with van der Waals surface area (Å²) in [6.45, 7) is 3.71. The Hall–Kier alpha value is -2.58. The van der Waals surface area contributed by atoms with Crippen LogP contribution < -0.4 is 4.90 Å². The fraction of sp³-hybridized carbons (Fsp3) is 0.458. The average molecular weight is 519 g/mol. The number of anilines is 1. The van der Waals surface area contributed by atoms with Crippen molar-refractivity contribution in [1.82, 2.24) is 19.7 Å². The van der Waals surface area contributed by atoms with Crippen LogP contribution in [-0.4, -0.2) is 53.0 Å². The fourth-order valence-electron chi connectivity index (χ4n) is 4.84. The maximum atomic E-state index is 14.4. The predicted octanol–water partition coefficient (Wildman–Crippen LogP) is 4.86. The Bertz CT molecular complexity index is 1280. The Morgan fingerprint density at radius 1 is 1.34 bits per heavy atom. The van der Waals surface area contributed by atoms with Crippen LogP contribution in [0, 0.1) is 18.3 Å². The number of piperidine rings is 1. The van der Waals surface area contributed by atoms with Gasteiger partial charge in [0, 0.05) is 55.1 Å². The van der Waals surface area contributed by atoms with Gasteiger partial charge in [0.1, 0.15) is 18.8 Å². The molecule has 1 fully saturated rings. The van der Waals surface area contributed by atoms with E-state index in [-0.39, 0.29) is 12.1 Å². The van der Waals surface area contributed by atoms with Gasteiger partial charge in [-0.05, 0) is 38.0 Å². The number of pyridine rings is 1. The molecule has 5 heterocycles. The van der Waals surface area contributed by atoms with Crippen molar-refractivity contribution in [3.63, 3.8) is 0 Å². The molecule has 0 amide bonds. The normalized spacial score (nSPS) is 18.9. The first-order chi connectivity index (χ1) is 16.7. The summed E-state index contributed by atoms with van der Waals surface area (Å²) in [5.41, 5.74) is 2.11. The third-order valence-electron chi connectivity index (χ3n) is 6.80. The van der Waals surface area contributed by atoms with Crippen molar-refractivity contribution in [2.75, 3.05) is 38.2 Å². The largest absolute Gasteiger partial charge is 0.363 e. The van der Waals surface area contributed by atoms with E-state index < -0.39 is 18.1 Å². The molecular formula is C24H25ClF2N6OS. The van der Waals surface area contributed by atoms with Gasteiger partial charge in [0.15, 0.2) is 5.82 Å². The highest BCUT2D eigenvalue weighted by molar-refractivity contribution is 7.16. The van der Waals surface area contributed by atoms with Crippen LogP contribution in [0.4, 0.5) is 14.5 Å². The zero-order valence-electron chi connectivity index (χ0n) is 19.5. The number of nitrogens with zero attached hydrogens (tertiary/aromatic N) is 6. The van der Waals surface area contributed by atoms with Gasteiger partial charge in [-0.3, -0.25) is 4.90 Å². The molecule has 0 aromatic carbocycles. The van der Waals surface area contributed by atoms with Crippen molar-refractivity contribution < 1.29 is 13.5 Å². The molecule has 184 valence electrons. The van der Waals surface area contributed by atoms with Crippen LogP contribution in [0.5, 0.6) is 0 Å². The highest BCUT2D eigenvalue weighted by Gasteiger charge is 2.51. The number of rotatable bonds is 5. The molecular weight excluding hydrogens is 494 g/mol. The summed E-state index contributed by atoms with van der Waals surface area (Å²) in [5, 5.41) is 13.7. The number of hydrogen-bond donors (Lipinski definition) is 0. The minimum Gasteiger partial charge on any atom is -0.363 e. The number of aryl methyl sites for hydroxylation is 1. The minimum atomic E-state index is -3.00. The summed E-state index contributed by atoms with van der Waals surface area (Å²) >= 11 is 7.33. The van der Waals surface area contributed by atoms with Gasteiger partial charge in [-0.25, -0.2) is 9.67 Å². The second kappa shape index (κ2) is 9.13. The van der Waals surface area contributed by atoms with Crippen molar-refractivity contribution in [3.05, 3.63) is 56.6 Å². The highest BCUT2D eigenvalue weighted by Crippen LogP contribution is 2.52. The van der Waals surface area contributed by atoms with E-state index in [4.69, 9.17) is 21.6 Å². The van der Waals surface area contributed by atoms with Gasteiger partial charge in [0.25, 0.3) is 5.92 Å². The molecule has 1 saturated heterocycles. The van der Waals surface area contributed by atoms with Crippen molar-refractivity contribution in [3.8, 4) is 11.9 Å². The van der Waals surface area contributed by atoms with Gasteiger partial charge in [-0.15, -0.1) is 11.3 Å². The summed E-state index contributed by atoms with van der Waals surface area (Å²) < 4.78 is 36.8.